The second kappa shape index (κ2) is 5.78. The van der Waals surface area contributed by atoms with Gasteiger partial charge >= 0.3 is 5.97 Å². The minimum atomic E-state index is -4.29. The zero-order valence-corrected chi connectivity index (χ0v) is 12.3. The Hall–Kier alpha value is -2.39. The van der Waals surface area contributed by atoms with Crippen LogP contribution in [-0.4, -0.2) is 24.5 Å². The van der Waals surface area contributed by atoms with Crippen molar-refractivity contribution in [1.82, 2.24) is 4.98 Å². The Morgan fingerprint density at radius 1 is 1.41 bits per heavy atom. The van der Waals surface area contributed by atoms with Crippen LogP contribution in [0, 0.1) is 5.82 Å². The minimum absolute atomic E-state index is 0.0225. The molecule has 0 unspecified atom stereocenters. The number of hydrogen-bond donors (Lipinski definition) is 3. The number of sulfonamides is 1. The lowest BCUT2D eigenvalue weighted by atomic mass is 10.2. The average Bonchev–Trinajstić information content (AvgIpc) is 2.43. The number of aromatic carboxylic acids is 1. The first kappa shape index (κ1) is 16.0. The summed E-state index contributed by atoms with van der Waals surface area (Å²) in [5.74, 6) is -3.07. The van der Waals surface area contributed by atoms with Crippen LogP contribution in [0.4, 0.5) is 15.9 Å². The van der Waals surface area contributed by atoms with Crippen LogP contribution in [0.1, 0.15) is 10.4 Å². The molecule has 0 aliphatic heterocycles. The molecular weight excluding hydrogens is 337 g/mol. The van der Waals surface area contributed by atoms with Gasteiger partial charge in [-0.2, -0.15) is 0 Å². The highest BCUT2D eigenvalue weighted by Crippen LogP contribution is 2.25. The molecule has 2 aromatic rings. The number of carboxylic acids is 1. The number of carbonyl (C=O) groups is 1. The van der Waals surface area contributed by atoms with Gasteiger partial charge in [-0.25, -0.2) is 22.6 Å². The number of benzene rings is 1. The number of aromatic nitrogens is 1. The summed E-state index contributed by atoms with van der Waals surface area (Å²) in [5.41, 5.74) is 4.27. The van der Waals surface area contributed by atoms with Crippen LogP contribution in [-0.2, 0) is 10.0 Å². The van der Waals surface area contributed by atoms with Crippen molar-refractivity contribution in [2.75, 3.05) is 10.5 Å². The SMILES string of the molecule is Nc1ncc(Cl)cc1S(=O)(=O)Nc1cccc(C(=O)O)c1F. The van der Waals surface area contributed by atoms with E-state index >= 15 is 0 Å². The predicted molar refractivity (Wildman–Crippen MR) is 77.8 cm³/mol. The number of pyridine rings is 1. The van der Waals surface area contributed by atoms with Crippen LogP contribution in [0.25, 0.3) is 0 Å². The molecular formula is C12H9ClFN3O4S. The summed E-state index contributed by atoms with van der Waals surface area (Å²) in [6, 6.07) is 4.33. The highest BCUT2D eigenvalue weighted by Gasteiger charge is 2.22. The summed E-state index contributed by atoms with van der Waals surface area (Å²) < 4.78 is 40.3. The third kappa shape index (κ3) is 3.10. The number of hydrogen-bond acceptors (Lipinski definition) is 5. The standard InChI is InChI=1S/C12H9ClFN3O4S/c13-6-4-9(11(15)16-5-6)22(20,21)17-8-3-1-2-7(10(8)14)12(18)19/h1-5,17H,(H2,15,16)(H,18,19). The first-order valence-corrected chi connectivity index (χ1v) is 7.54. The quantitative estimate of drug-likeness (QED) is 0.778. The smallest absolute Gasteiger partial charge is 0.338 e. The number of nitrogens with zero attached hydrogens (tertiary/aromatic N) is 1. The van der Waals surface area contributed by atoms with Crippen LogP contribution in [0.5, 0.6) is 0 Å². The summed E-state index contributed by atoms with van der Waals surface area (Å²) in [7, 11) is -4.29. The number of anilines is 2. The maximum Gasteiger partial charge on any atom is 0.338 e. The first-order chi connectivity index (χ1) is 10.2. The molecule has 1 heterocycles. The highest BCUT2D eigenvalue weighted by molar-refractivity contribution is 7.92. The molecule has 0 bridgehead atoms. The lowest BCUT2D eigenvalue weighted by Gasteiger charge is -2.11. The van der Waals surface area contributed by atoms with Gasteiger partial charge in [0.25, 0.3) is 10.0 Å². The lowest BCUT2D eigenvalue weighted by molar-refractivity contribution is 0.0692. The van der Waals surface area contributed by atoms with Gasteiger partial charge in [0, 0.05) is 6.20 Å². The summed E-state index contributed by atoms with van der Waals surface area (Å²) in [6.07, 6.45) is 1.15. The molecule has 1 aromatic carbocycles. The fraction of sp³-hybridized carbons (Fsp3) is 0. The molecule has 0 aliphatic rings. The van der Waals surface area contributed by atoms with Crippen molar-refractivity contribution in [3.8, 4) is 0 Å². The van der Waals surface area contributed by atoms with Gasteiger partial charge < -0.3 is 10.8 Å². The Morgan fingerprint density at radius 2 is 2.09 bits per heavy atom. The van der Waals surface area contributed by atoms with E-state index in [1.807, 2.05) is 4.72 Å². The molecule has 1 aromatic heterocycles. The molecule has 116 valence electrons. The van der Waals surface area contributed by atoms with Crippen molar-refractivity contribution in [2.24, 2.45) is 0 Å². The maximum absolute atomic E-state index is 14.0. The molecule has 0 atom stereocenters. The van der Waals surface area contributed by atoms with Gasteiger partial charge in [-0.05, 0) is 18.2 Å². The normalized spacial score (nSPS) is 11.2. The predicted octanol–water partition coefficient (Wildman–Crippen LogP) is 1.96. The van der Waals surface area contributed by atoms with E-state index in [1.54, 1.807) is 0 Å². The van der Waals surface area contributed by atoms with Crippen molar-refractivity contribution in [3.63, 3.8) is 0 Å². The molecule has 0 fully saturated rings. The van der Waals surface area contributed by atoms with Crippen LogP contribution >= 0.6 is 11.6 Å². The van der Waals surface area contributed by atoms with Crippen molar-refractivity contribution in [3.05, 3.63) is 46.9 Å². The van der Waals surface area contributed by atoms with E-state index in [2.05, 4.69) is 4.98 Å². The van der Waals surface area contributed by atoms with Gasteiger partial charge in [0.2, 0.25) is 0 Å². The Balaban J connectivity index is 2.48. The molecule has 0 spiro atoms. The summed E-state index contributed by atoms with van der Waals surface area (Å²) in [6.45, 7) is 0. The number of nitrogens with one attached hydrogen (secondary N) is 1. The van der Waals surface area contributed by atoms with E-state index in [4.69, 9.17) is 22.4 Å². The fourth-order valence-electron chi connectivity index (χ4n) is 1.62. The van der Waals surface area contributed by atoms with E-state index in [-0.39, 0.29) is 10.8 Å². The molecule has 4 N–H and O–H groups in total. The Morgan fingerprint density at radius 3 is 2.73 bits per heavy atom. The van der Waals surface area contributed by atoms with Gasteiger partial charge in [0.15, 0.2) is 5.82 Å². The zero-order chi connectivity index (χ0) is 16.5. The third-order valence-corrected chi connectivity index (χ3v) is 4.21. The topological polar surface area (TPSA) is 122 Å². The maximum atomic E-state index is 14.0. The molecule has 10 heteroatoms. The van der Waals surface area contributed by atoms with E-state index in [1.165, 1.54) is 6.07 Å². The summed E-state index contributed by atoms with van der Waals surface area (Å²) in [5, 5.41) is 8.84. The van der Waals surface area contributed by atoms with Crippen LogP contribution in [0.2, 0.25) is 5.02 Å². The summed E-state index contributed by atoms with van der Waals surface area (Å²) in [4.78, 5) is 14.0. The number of halogens is 2. The minimum Gasteiger partial charge on any atom is -0.478 e. The van der Waals surface area contributed by atoms with Crippen molar-refractivity contribution in [1.29, 1.82) is 0 Å². The average molecular weight is 346 g/mol. The molecule has 0 aliphatic carbocycles. The second-order valence-electron chi connectivity index (χ2n) is 4.11. The molecule has 0 saturated heterocycles. The van der Waals surface area contributed by atoms with E-state index in [0.29, 0.717) is 0 Å². The molecule has 22 heavy (non-hydrogen) atoms. The first-order valence-electron chi connectivity index (χ1n) is 5.68. The van der Waals surface area contributed by atoms with E-state index in [0.717, 1.165) is 24.4 Å². The van der Waals surface area contributed by atoms with Crippen LogP contribution in [0.3, 0.4) is 0 Å². The molecule has 0 radical (unpaired) electrons. The van der Waals surface area contributed by atoms with Crippen molar-refractivity contribution in [2.45, 2.75) is 4.90 Å². The lowest BCUT2D eigenvalue weighted by Crippen LogP contribution is -2.17. The molecule has 2 rings (SSSR count). The van der Waals surface area contributed by atoms with Crippen LogP contribution < -0.4 is 10.5 Å². The Labute approximate surface area is 129 Å². The van der Waals surface area contributed by atoms with Crippen molar-refractivity contribution < 1.29 is 22.7 Å². The van der Waals surface area contributed by atoms with Gasteiger partial charge in [-0.3, -0.25) is 4.72 Å². The van der Waals surface area contributed by atoms with Crippen LogP contribution in [0.15, 0.2) is 35.4 Å². The fourth-order valence-corrected chi connectivity index (χ4v) is 3.01. The van der Waals surface area contributed by atoms with Gasteiger partial charge in [0.1, 0.15) is 10.7 Å². The van der Waals surface area contributed by atoms with Gasteiger partial charge in [-0.1, -0.05) is 17.7 Å². The molecule has 7 nitrogen and oxygen atoms in total. The van der Waals surface area contributed by atoms with Crippen molar-refractivity contribution >= 4 is 39.1 Å². The number of carboxylic acid groups (broad SMARTS) is 1. The number of rotatable bonds is 4. The van der Waals surface area contributed by atoms with E-state index in [9.17, 15) is 17.6 Å². The van der Waals surface area contributed by atoms with Gasteiger partial charge in [0.05, 0.1) is 16.3 Å². The highest BCUT2D eigenvalue weighted by atomic mass is 35.5. The molecule has 0 amide bonds. The van der Waals surface area contributed by atoms with Gasteiger partial charge in [-0.15, -0.1) is 0 Å². The third-order valence-electron chi connectivity index (χ3n) is 2.61. The number of nitrogens with two attached hydrogens (primary N) is 1. The second-order valence-corrected chi connectivity index (χ2v) is 6.20. The monoisotopic (exact) mass is 345 g/mol. The zero-order valence-electron chi connectivity index (χ0n) is 10.7. The Bertz CT molecular complexity index is 857. The number of nitrogen functional groups attached to an aromatic ring is 1. The summed E-state index contributed by atoms with van der Waals surface area (Å²) >= 11 is 5.66. The van der Waals surface area contributed by atoms with E-state index < -0.39 is 38.0 Å². The molecule has 0 saturated carbocycles. The Kier molecular flexibility index (Phi) is 4.20. The largest absolute Gasteiger partial charge is 0.478 e.